The van der Waals surface area contributed by atoms with Crippen LogP contribution in [0.25, 0.3) is 0 Å². The van der Waals surface area contributed by atoms with Gasteiger partial charge in [0.15, 0.2) is 0 Å². The monoisotopic (exact) mass is 227 g/mol. The second kappa shape index (κ2) is 5.32. The van der Waals surface area contributed by atoms with Gasteiger partial charge in [0.1, 0.15) is 5.41 Å². The van der Waals surface area contributed by atoms with Crippen LogP contribution < -0.4 is 0 Å². The van der Waals surface area contributed by atoms with Crippen LogP contribution in [0.2, 0.25) is 0 Å². The van der Waals surface area contributed by atoms with Crippen molar-refractivity contribution >= 4 is 11.9 Å². The molecule has 1 amide bonds. The Kier molecular flexibility index (Phi) is 4.33. The average molecular weight is 227 g/mol. The molecule has 0 saturated heterocycles. The second-order valence-electron chi connectivity index (χ2n) is 4.51. The fourth-order valence-corrected chi connectivity index (χ4v) is 1.89. The van der Waals surface area contributed by atoms with Crippen molar-refractivity contribution in [2.45, 2.75) is 39.0 Å². The summed E-state index contributed by atoms with van der Waals surface area (Å²) in [4.78, 5) is 25.2. The highest BCUT2D eigenvalue weighted by Gasteiger charge is 2.58. The fraction of sp³-hybridized carbons (Fsp3) is 0.833. The van der Waals surface area contributed by atoms with Crippen LogP contribution in [0.1, 0.15) is 39.0 Å². The second-order valence-corrected chi connectivity index (χ2v) is 4.51. The Hall–Kier alpha value is -1.06. The van der Waals surface area contributed by atoms with Crippen LogP contribution >= 0.6 is 0 Å². The highest BCUT2D eigenvalue weighted by atomic mass is 16.5. The van der Waals surface area contributed by atoms with E-state index >= 15 is 0 Å². The summed E-state index contributed by atoms with van der Waals surface area (Å²) in [6.07, 6.45) is 4.51. The van der Waals surface area contributed by atoms with Gasteiger partial charge in [-0.05, 0) is 19.3 Å². The minimum atomic E-state index is -0.838. The van der Waals surface area contributed by atoms with Gasteiger partial charge in [-0.2, -0.15) is 0 Å². The Labute approximate surface area is 96.9 Å². The Morgan fingerprint density at radius 3 is 2.38 bits per heavy atom. The molecule has 0 aromatic carbocycles. The zero-order valence-corrected chi connectivity index (χ0v) is 10.4. The van der Waals surface area contributed by atoms with Gasteiger partial charge in [0, 0.05) is 13.6 Å². The number of unbranched alkanes of at least 4 members (excludes halogenated alkanes) is 2. The number of ether oxygens (including phenoxy) is 1. The lowest BCUT2D eigenvalue weighted by molar-refractivity contribution is -0.155. The smallest absolute Gasteiger partial charge is 0.321 e. The van der Waals surface area contributed by atoms with Gasteiger partial charge >= 0.3 is 5.97 Å². The number of carbonyl (C=O) groups is 2. The number of esters is 1. The number of rotatable bonds is 6. The third-order valence-electron chi connectivity index (χ3n) is 3.18. The molecule has 1 fully saturated rings. The molecule has 0 atom stereocenters. The van der Waals surface area contributed by atoms with E-state index in [0.717, 1.165) is 25.8 Å². The Morgan fingerprint density at radius 2 is 1.94 bits per heavy atom. The topological polar surface area (TPSA) is 46.6 Å². The summed E-state index contributed by atoms with van der Waals surface area (Å²) in [6.45, 7) is 2.85. The molecule has 1 aliphatic carbocycles. The molecular formula is C12H21NO3. The summed E-state index contributed by atoms with van der Waals surface area (Å²) >= 11 is 0. The first-order valence-electron chi connectivity index (χ1n) is 5.92. The maximum Gasteiger partial charge on any atom is 0.321 e. The number of hydrogen-bond donors (Lipinski definition) is 0. The molecule has 16 heavy (non-hydrogen) atoms. The SMILES string of the molecule is CCCCCN(C)C(=O)C1(C(=O)OC)CC1. The lowest BCUT2D eigenvalue weighted by Gasteiger charge is -2.21. The first-order chi connectivity index (χ1) is 7.58. The van der Waals surface area contributed by atoms with Crippen LogP contribution in [-0.2, 0) is 14.3 Å². The predicted octanol–water partition coefficient (Wildman–Crippen LogP) is 1.59. The zero-order valence-electron chi connectivity index (χ0n) is 10.4. The number of nitrogens with zero attached hydrogens (tertiary/aromatic N) is 1. The molecule has 4 heteroatoms. The van der Waals surface area contributed by atoms with E-state index in [4.69, 9.17) is 0 Å². The standard InChI is InChI=1S/C12H21NO3/c1-4-5-6-9-13(2)10(14)12(7-8-12)11(15)16-3/h4-9H2,1-3H3. The van der Waals surface area contributed by atoms with Crippen molar-refractivity contribution in [1.29, 1.82) is 0 Å². The lowest BCUT2D eigenvalue weighted by atomic mass is 10.1. The molecule has 1 saturated carbocycles. The van der Waals surface area contributed by atoms with Gasteiger partial charge < -0.3 is 9.64 Å². The first kappa shape index (κ1) is 13.0. The third-order valence-corrected chi connectivity index (χ3v) is 3.18. The van der Waals surface area contributed by atoms with Gasteiger partial charge in [-0.25, -0.2) is 0 Å². The molecule has 92 valence electrons. The molecule has 0 spiro atoms. The number of methoxy groups -OCH3 is 1. The summed E-state index contributed by atoms with van der Waals surface area (Å²) in [6, 6.07) is 0. The van der Waals surface area contributed by atoms with Gasteiger partial charge in [0.25, 0.3) is 0 Å². The van der Waals surface area contributed by atoms with Gasteiger partial charge in [0.05, 0.1) is 7.11 Å². The van der Waals surface area contributed by atoms with Crippen molar-refractivity contribution in [1.82, 2.24) is 4.90 Å². The van der Waals surface area contributed by atoms with Gasteiger partial charge in [-0.3, -0.25) is 9.59 Å². The molecule has 0 N–H and O–H groups in total. The molecule has 0 unspecified atom stereocenters. The van der Waals surface area contributed by atoms with Crippen LogP contribution in [0.3, 0.4) is 0 Å². The maximum atomic E-state index is 12.0. The van der Waals surface area contributed by atoms with Crippen LogP contribution in [0.15, 0.2) is 0 Å². The number of amides is 1. The van der Waals surface area contributed by atoms with Crippen LogP contribution in [0.5, 0.6) is 0 Å². The van der Waals surface area contributed by atoms with Crippen molar-refractivity contribution in [3.63, 3.8) is 0 Å². The molecule has 1 aliphatic rings. The highest BCUT2D eigenvalue weighted by molar-refractivity contribution is 6.05. The number of hydrogen-bond acceptors (Lipinski definition) is 3. The number of carbonyl (C=O) groups excluding carboxylic acids is 2. The molecule has 0 radical (unpaired) electrons. The Morgan fingerprint density at radius 1 is 1.31 bits per heavy atom. The van der Waals surface area contributed by atoms with E-state index in [0.29, 0.717) is 12.8 Å². The molecule has 0 heterocycles. The first-order valence-corrected chi connectivity index (χ1v) is 5.92. The predicted molar refractivity (Wildman–Crippen MR) is 60.8 cm³/mol. The quantitative estimate of drug-likeness (QED) is 0.393. The van der Waals surface area contributed by atoms with Crippen LogP contribution in [0, 0.1) is 5.41 Å². The summed E-state index contributed by atoms with van der Waals surface area (Å²) in [5.41, 5.74) is -0.838. The van der Waals surface area contributed by atoms with Crippen molar-refractivity contribution in [3.8, 4) is 0 Å². The summed E-state index contributed by atoms with van der Waals surface area (Å²) in [5.74, 6) is -0.449. The molecule has 0 aliphatic heterocycles. The van der Waals surface area contributed by atoms with E-state index in [1.165, 1.54) is 7.11 Å². The van der Waals surface area contributed by atoms with E-state index in [9.17, 15) is 9.59 Å². The highest BCUT2D eigenvalue weighted by Crippen LogP contribution is 2.48. The third kappa shape index (κ3) is 2.54. The van der Waals surface area contributed by atoms with E-state index in [1.807, 2.05) is 0 Å². The van der Waals surface area contributed by atoms with Gasteiger partial charge in [-0.1, -0.05) is 19.8 Å². The molecule has 1 rings (SSSR count). The normalized spacial score (nSPS) is 16.7. The van der Waals surface area contributed by atoms with Gasteiger partial charge in [0.2, 0.25) is 5.91 Å². The molecule has 0 aromatic heterocycles. The maximum absolute atomic E-state index is 12.0. The van der Waals surface area contributed by atoms with Crippen LogP contribution in [0.4, 0.5) is 0 Å². The van der Waals surface area contributed by atoms with Gasteiger partial charge in [-0.15, -0.1) is 0 Å². The molecular weight excluding hydrogens is 206 g/mol. The minimum Gasteiger partial charge on any atom is -0.468 e. The van der Waals surface area contributed by atoms with Crippen molar-refractivity contribution in [2.24, 2.45) is 5.41 Å². The summed E-state index contributed by atoms with van der Waals surface area (Å²) in [5, 5.41) is 0. The van der Waals surface area contributed by atoms with E-state index in [2.05, 4.69) is 11.7 Å². The fourth-order valence-electron chi connectivity index (χ4n) is 1.89. The zero-order chi connectivity index (χ0) is 12.2. The largest absolute Gasteiger partial charge is 0.468 e. The summed E-state index contributed by atoms with van der Waals surface area (Å²) in [7, 11) is 3.10. The van der Waals surface area contributed by atoms with E-state index < -0.39 is 5.41 Å². The Balaban J connectivity index is 2.47. The van der Waals surface area contributed by atoms with E-state index in [-0.39, 0.29) is 11.9 Å². The molecule has 0 aromatic rings. The van der Waals surface area contributed by atoms with Crippen molar-refractivity contribution in [2.75, 3.05) is 20.7 Å². The van der Waals surface area contributed by atoms with Crippen molar-refractivity contribution in [3.05, 3.63) is 0 Å². The molecule has 4 nitrogen and oxygen atoms in total. The lowest BCUT2D eigenvalue weighted by Crippen LogP contribution is -2.39. The minimum absolute atomic E-state index is 0.0737. The molecule has 0 bridgehead atoms. The van der Waals surface area contributed by atoms with Crippen molar-refractivity contribution < 1.29 is 14.3 Å². The van der Waals surface area contributed by atoms with Crippen LogP contribution in [-0.4, -0.2) is 37.5 Å². The summed E-state index contributed by atoms with van der Waals surface area (Å²) < 4.78 is 4.69. The average Bonchev–Trinajstić information content (AvgIpc) is 3.08. The Bertz CT molecular complexity index is 271. The van der Waals surface area contributed by atoms with E-state index in [1.54, 1.807) is 11.9 Å².